The molecular formula is C15H22FNO3. The van der Waals surface area contributed by atoms with Gasteiger partial charge in [0.05, 0.1) is 5.41 Å². The van der Waals surface area contributed by atoms with Gasteiger partial charge >= 0.3 is 5.97 Å². The second-order valence-corrected chi connectivity index (χ2v) is 5.38. The lowest BCUT2D eigenvalue weighted by atomic mass is 9.95. The minimum Gasteiger partial charge on any atom is -0.489 e. The number of rotatable bonds is 8. The molecule has 0 spiro atoms. The number of aliphatic carboxylic acids is 1. The van der Waals surface area contributed by atoms with Gasteiger partial charge in [0.2, 0.25) is 0 Å². The number of hydrogen-bond donors (Lipinski definition) is 2. The summed E-state index contributed by atoms with van der Waals surface area (Å²) in [5.41, 5.74) is -0.365. The predicted molar refractivity (Wildman–Crippen MR) is 75.3 cm³/mol. The molecule has 0 radical (unpaired) electrons. The van der Waals surface area contributed by atoms with Crippen LogP contribution in [0.4, 0.5) is 4.39 Å². The molecule has 0 aliphatic heterocycles. The number of carboxylic acids is 1. The van der Waals surface area contributed by atoms with E-state index in [2.05, 4.69) is 5.32 Å². The maximum Gasteiger partial charge on any atom is 0.312 e. The fourth-order valence-corrected chi connectivity index (χ4v) is 1.57. The summed E-state index contributed by atoms with van der Waals surface area (Å²) in [4.78, 5) is 11.0. The van der Waals surface area contributed by atoms with Gasteiger partial charge in [0.25, 0.3) is 0 Å². The van der Waals surface area contributed by atoms with Gasteiger partial charge in [-0.15, -0.1) is 0 Å². The Balaban J connectivity index is 2.80. The maximum absolute atomic E-state index is 13.8. The molecule has 112 valence electrons. The average Bonchev–Trinajstić information content (AvgIpc) is 2.38. The van der Waals surface area contributed by atoms with Crippen molar-refractivity contribution in [3.05, 3.63) is 29.6 Å². The Morgan fingerprint density at radius 3 is 2.75 bits per heavy atom. The highest BCUT2D eigenvalue weighted by Gasteiger charge is 2.29. The van der Waals surface area contributed by atoms with E-state index in [0.717, 1.165) is 13.0 Å². The zero-order valence-electron chi connectivity index (χ0n) is 12.2. The monoisotopic (exact) mass is 283 g/mol. The highest BCUT2D eigenvalue weighted by Crippen LogP contribution is 2.25. The minimum atomic E-state index is -1.06. The quantitative estimate of drug-likeness (QED) is 0.720. The largest absolute Gasteiger partial charge is 0.489 e. The van der Waals surface area contributed by atoms with Crippen LogP contribution in [0.5, 0.6) is 5.75 Å². The number of hydrogen-bond acceptors (Lipinski definition) is 3. The summed E-state index contributed by atoms with van der Waals surface area (Å²) < 4.78 is 19.3. The van der Waals surface area contributed by atoms with Gasteiger partial charge < -0.3 is 15.2 Å². The lowest BCUT2D eigenvalue weighted by Gasteiger charge is -2.21. The molecule has 0 saturated heterocycles. The van der Waals surface area contributed by atoms with Gasteiger partial charge in [-0.3, -0.25) is 4.79 Å². The molecule has 20 heavy (non-hydrogen) atoms. The standard InChI is InChI=1S/C15H22FNO3/c1-4-8-17-9-11-6-5-7-12(16)13(11)20-10-15(2,3)14(18)19/h5-7,17H,4,8-10H2,1-3H3,(H,18,19). The lowest BCUT2D eigenvalue weighted by molar-refractivity contribution is -0.148. The lowest BCUT2D eigenvalue weighted by Crippen LogP contribution is -2.31. The molecule has 0 aliphatic rings. The Bertz CT molecular complexity index is 460. The second-order valence-electron chi connectivity index (χ2n) is 5.38. The van der Waals surface area contributed by atoms with Gasteiger partial charge in [0.15, 0.2) is 11.6 Å². The van der Waals surface area contributed by atoms with Crippen LogP contribution in [-0.2, 0) is 11.3 Å². The number of benzene rings is 1. The van der Waals surface area contributed by atoms with E-state index in [1.807, 2.05) is 6.92 Å². The van der Waals surface area contributed by atoms with Gasteiger partial charge in [0, 0.05) is 12.1 Å². The molecule has 0 aliphatic carbocycles. The van der Waals surface area contributed by atoms with E-state index in [4.69, 9.17) is 9.84 Å². The van der Waals surface area contributed by atoms with Crippen LogP contribution >= 0.6 is 0 Å². The SMILES string of the molecule is CCCNCc1cccc(F)c1OCC(C)(C)C(=O)O. The fraction of sp³-hybridized carbons (Fsp3) is 0.533. The van der Waals surface area contributed by atoms with Crippen molar-refractivity contribution in [3.8, 4) is 5.75 Å². The van der Waals surface area contributed by atoms with Crippen LogP contribution in [0, 0.1) is 11.2 Å². The van der Waals surface area contributed by atoms with Crippen molar-refractivity contribution in [3.63, 3.8) is 0 Å². The molecule has 4 nitrogen and oxygen atoms in total. The Labute approximate surface area is 119 Å². The first-order chi connectivity index (χ1) is 9.38. The summed E-state index contributed by atoms with van der Waals surface area (Å²) in [6, 6.07) is 4.70. The van der Waals surface area contributed by atoms with Crippen LogP contribution in [0.2, 0.25) is 0 Å². The first-order valence-corrected chi connectivity index (χ1v) is 6.72. The third-order valence-corrected chi connectivity index (χ3v) is 2.95. The van der Waals surface area contributed by atoms with Crippen molar-refractivity contribution >= 4 is 5.97 Å². The van der Waals surface area contributed by atoms with Crippen molar-refractivity contribution in [2.75, 3.05) is 13.2 Å². The highest BCUT2D eigenvalue weighted by atomic mass is 19.1. The van der Waals surface area contributed by atoms with E-state index >= 15 is 0 Å². The Morgan fingerprint density at radius 2 is 2.15 bits per heavy atom. The zero-order chi connectivity index (χ0) is 15.2. The zero-order valence-corrected chi connectivity index (χ0v) is 12.2. The first-order valence-electron chi connectivity index (χ1n) is 6.72. The molecule has 0 unspecified atom stereocenters. The van der Waals surface area contributed by atoms with Crippen molar-refractivity contribution in [1.82, 2.24) is 5.32 Å². The molecule has 0 bridgehead atoms. The fourth-order valence-electron chi connectivity index (χ4n) is 1.57. The van der Waals surface area contributed by atoms with Crippen molar-refractivity contribution in [2.24, 2.45) is 5.41 Å². The van der Waals surface area contributed by atoms with Crippen LogP contribution in [0.3, 0.4) is 0 Å². The average molecular weight is 283 g/mol. The van der Waals surface area contributed by atoms with Crippen LogP contribution in [0.1, 0.15) is 32.8 Å². The summed E-state index contributed by atoms with van der Waals surface area (Å²) in [7, 11) is 0. The third-order valence-electron chi connectivity index (χ3n) is 2.95. The topological polar surface area (TPSA) is 58.6 Å². The van der Waals surface area contributed by atoms with Crippen molar-refractivity contribution < 1.29 is 19.0 Å². The van der Waals surface area contributed by atoms with Gasteiger partial charge in [-0.05, 0) is 32.9 Å². The van der Waals surface area contributed by atoms with Gasteiger partial charge in [-0.1, -0.05) is 19.1 Å². The van der Waals surface area contributed by atoms with Crippen molar-refractivity contribution in [1.29, 1.82) is 0 Å². The number of para-hydroxylation sites is 1. The third kappa shape index (κ3) is 4.49. The molecule has 1 aromatic rings. The number of halogens is 1. The Hall–Kier alpha value is -1.62. The van der Waals surface area contributed by atoms with Crippen LogP contribution in [0.25, 0.3) is 0 Å². The first kappa shape index (κ1) is 16.4. The van der Waals surface area contributed by atoms with E-state index in [-0.39, 0.29) is 12.4 Å². The second kappa shape index (κ2) is 7.24. The highest BCUT2D eigenvalue weighted by molar-refractivity contribution is 5.73. The number of carbonyl (C=O) groups is 1. The van der Waals surface area contributed by atoms with E-state index in [1.54, 1.807) is 26.0 Å². The molecule has 1 rings (SSSR count). The molecular weight excluding hydrogens is 261 g/mol. The minimum absolute atomic E-state index is 0.0793. The van der Waals surface area contributed by atoms with Crippen molar-refractivity contribution in [2.45, 2.75) is 33.7 Å². The Kier molecular flexibility index (Phi) is 5.95. The van der Waals surface area contributed by atoms with E-state index in [0.29, 0.717) is 12.1 Å². The van der Waals surface area contributed by atoms with Gasteiger partial charge in [-0.25, -0.2) is 4.39 Å². The molecule has 0 amide bonds. The Morgan fingerprint density at radius 1 is 1.45 bits per heavy atom. The smallest absolute Gasteiger partial charge is 0.312 e. The summed E-state index contributed by atoms with van der Waals surface area (Å²) >= 11 is 0. The summed E-state index contributed by atoms with van der Waals surface area (Å²) in [6.45, 7) is 6.39. The molecule has 5 heteroatoms. The molecule has 0 atom stereocenters. The van der Waals surface area contributed by atoms with Crippen LogP contribution in [0.15, 0.2) is 18.2 Å². The summed E-state index contributed by atoms with van der Waals surface area (Å²) in [5, 5.41) is 12.2. The summed E-state index contributed by atoms with van der Waals surface area (Å²) in [5.74, 6) is -1.31. The van der Waals surface area contributed by atoms with Crippen LogP contribution in [-0.4, -0.2) is 24.2 Å². The molecule has 2 N–H and O–H groups in total. The number of ether oxygens (including phenoxy) is 1. The summed E-state index contributed by atoms with van der Waals surface area (Å²) in [6.07, 6.45) is 0.984. The molecule has 0 saturated carbocycles. The van der Waals surface area contributed by atoms with E-state index in [9.17, 15) is 9.18 Å². The molecule has 1 aromatic carbocycles. The molecule has 0 aromatic heterocycles. The number of nitrogens with one attached hydrogen (secondary N) is 1. The molecule has 0 fully saturated rings. The van der Waals surface area contributed by atoms with E-state index in [1.165, 1.54) is 6.07 Å². The van der Waals surface area contributed by atoms with Gasteiger partial charge in [-0.2, -0.15) is 0 Å². The van der Waals surface area contributed by atoms with E-state index < -0.39 is 17.2 Å². The predicted octanol–water partition coefficient (Wildman–Crippen LogP) is 2.81. The number of carboxylic acid groups (broad SMARTS) is 1. The normalized spacial score (nSPS) is 11.4. The van der Waals surface area contributed by atoms with Gasteiger partial charge in [0.1, 0.15) is 6.61 Å². The maximum atomic E-state index is 13.8. The molecule has 0 heterocycles. The van der Waals surface area contributed by atoms with Crippen LogP contribution < -0.4 is 10.1 Å².